The largest absolute Gasteiger partial charge is 0.504 e. The highest BCUT2D eigenvalue weighted by atomic mass is 16.5. The van der Waals surface area contributed by atoms with Gasteiger partial charge in [-0.25, -0.2) is 0 Å². The van der Waals surface area contributed by atoms with Crippen molar-refractivity contribution in [2.24, 2.45) is 4.99 Å². The number of amides is 1. The molecule has 96 valence electrons. The third-order valence-electron chi connectivity index (χ3n) is 2.74. The molecule has 1 fully saturated rings. The summed E-state index contributed by atoms with van der Waals surface area (Å²) in [5.74, 6) is -0.0619. The van der Waals surface area contributed by atoms with Gasteiger partial charge in [-0.15, -0.1) is 0 Å². The Balaban J connectivity index is 2.41. The van der Waals surface area contributed by atoms with Crippen LogP contribution in [0.15, 0.2) is 17.1 Å². The van der Waals surface area contributed by atoms with Crippen LogP contribution < -0.4 is 4.74 Å². The van der Waals surface area contributed by atoms with Crippen molar-refractivity contribution in [2.45, 2.75) is 0 Å². The highest BCUT2D eigenvalue weighted by Gasteiger charge is 2.23. The van der Waals surface area contributed by atoms with E-state index in [-0.39, 0.29) is 24.1 Å². The summed E-state index contributed by atoms with van der Waals surface area (Å²) in [6.45, 7) is 4.72. The molecule has 0 saturated carbocycles. The molecule has 1 N–H and O–H groups in total. The van der Waals surface area contributed by atoms with E-state index in [0.717, 1.165) is 0 Å². The summed E-state index contributed by atoms with van der Waals surface area (Å²) in [6.07, 6.45) is 0. The summed E-state index contributed by atoms with van der Waals surface area (Å²) >= 11 is 0. The molecule has 2 rings (SSSR count). The number of phenols is 1. The molecule has 0 atom stereocenters. The molecule has 6 nitrogen and oxygen atoms in total. The number of rotatable bonds is 3. The number of carbonyl (C=O) groups is 1. The number of aliphatic imine (C=N–C) groups is 1. The van der Waals surface area contributed by atoms with Gasteiger partial charge in [0.25, 0.3) is 5.91 Å². The molecule has 1 aliphatic rings. The number of ether oxygens (including phenoxy) is 2. The van der Waals surface area contributed by atoms with Gasteiger partial charge in [-0.1, -0.05) is 0 Å². The van der Waals surface area contributed by atoms with Crippen molar-refractivity contribution in [2.75, 3.05) is 27.0 Å². The van der Waals surface area contributed by atoms with Gasteiger partial charge in [-0.3, -0.25) is 9.79 Å². The molecule has 0 spiro atoms. The predicted molar refractivity (Wildman–Crippen MR) is 65.7 cm³/mol. The van der Waals surface area contributed by atoms with Gasteiger partial charge in [0.15, 0.2) is 11.5 Å². The quantitative estimate of drug-likeness (QED) is 0.817. The maximum Gasteiger partial charge on any atom is 0.258 e. The van der Waals surface area contributed by atoms with Gasteiger partial charge >= 0.3 is 0 Å². The Morgan fingerprint density at radius 2 is 2.39 bits per heavy atom. The van der Waals surface area contributed by atoms with E-state index >= 15 is 0 Å². The van der Waals surface area contributed by atoms with Crippen LogP contribution in [0.3, 0.4) is 0 Å². The van der Waals surface area contributed by atoms with Gasteiger partial charge in [-0.2, -0.15) is 0 Å². The van der Waals surface area contributed by atoms with Crippen molar-refractivity contribution in [3.63, 3.8) is 0 Å². The average molecular weight is 250 g/mol. The second-order valence-corrected chi connectivity index (χ2v) is 3.81. The summed E-state index contributed by atoms with van der Waals surface area (Å²) in [4.78, 5) is 17.5. The Kier molecular flexibility index (Phi) is 3.47. The van der Waals surface area contributed by atoms with E-state index in [4.69, 9.17) is 9.47 Å². The standard InChI is InChI=1S/C12H14N2O4/c1-13-9-6-10(15)11(17-2)5-8(9)12(16)14-3-4-18-7-14/h5-6,15H,1,3-4,7H2,2H3. The van der Waals surface area contributed by atoms with Gasteiger partial charge in [0.05, 0.1) is 25.0 Å². The number of methoxy groups -OCH3 is 1. The maximum absolute atomic E-state index is 12.2. The lowest BCUT2D eigenvalue weighted by molar-refractivity contribution is 0.0695. The van der Waals surface area contributed by atoms with Crippen LogP contribution in [0.25, 0.3) is 0 Å². The Bertz CT molecular complexity index is 481. The Labute approximate surface area is 104 Å². The van der Waals surface area contributed by atoms with Crippen molar-refractivity contribution in [1.82, 2.24) is 4.90 Å². The van der Waals surface area contributed by atoms with E-state index in [0.29, 0.717) is 24.4 Å². The van der Waals surface area contributed by atoms with Crippen LogP contribution in [0.4, 0.5) is 5.69 Å². The number of nitrogens with zero attached hydrogens (tertiary/aromatic N) is 2. The number of phenolic OH excluding ortho intramolecular Hbond substituents is 1. The van der Waals surface area contributed by atoms with E-state index in [1.54, 1.807) is 4.90 Å². The molecule has 0 radical (unpaired) electrons. The Hall–Kier alpha value is -2.08. The molecular weight excluding hydrogens is 236 g/mol. The number of carbonyl (C=O) groups excluding carboxylic acids is 1. The van der Waals surface area contributed by atoms with Crippen molar-refractivity contribution in [3.8, 4) is 11.5 Å². The first-order valence-corrected chi connectivity index (χ1v) is 5.42. The van der Waals surface area contributed by atoms with Gasteiger partial charge in [0.1, 0.15) is 6.73 Å². The van der Waals surface area contributed by atoms with Crippen molar-refractivity contribution < 1.29 is 19.4 Å². The molecule has 18 heavy (non-hydrogen) atoms. The molecule has 1 amide bonds. The highest BCUT2D eigenvalue weighted by Crippen LogP contribution is 2.34. The van der Waals surface area contributed by atoms with Crippen LogP contribution in [-0.4, -0.2) is 49.6 Å². The first-order valence-electron chi connectivity index (χ1n) is 5.42. The zero-order valence-corrected chi connectivity index (χ0v) is 10.0. The summed E-state index contributed by atoms with van der Waals surface area (Å²) in [6, 6.07) is 2.82. The van der Waals surface area contributed by atoms with Gasteiger partial charge in [0, 0.05) is 12.6 Å². The van der Waals surface area contributed by atoms with Crippen molar-refractivity contribution in [1.29, 1.82) is 0 Å². The van der Waals surface area contributed by atoms with Crippen molar-refractivity contribution in [3.05, 3.63) is 17.7 Å². The van der Waals surface area contributed by atoms with E-state index in [1.165, 1.54) is 19.2 Å². The number of aromatic hydroxyl groups is 1. The average Bonchev–Trinajstić information content (AvgIpc) is 2.91. The SMILES string of the molecule is C=Nc1cc(O)c(OC)cc1C(=O)N1CCOC1. The minimum Gasteiger partial charge on any atom is -0.504 e. The Morgan fingerprint density at radius 1 is 1.61 bits per heavy atom. The highest BCUT2D eigenvalue weighted by molar-refractivity contribution is 6.00. The molecule has 1 saturated heterocycles. The number of hydrogen-bond donors (Lipinski definition) is 1. The first-order chi connectivity index (χ1) is 8.67. The molecule has 0 unspecified atom stereocenters. The third kappa shape index (κ3) is 2.14. The lowest BCUT2D eigenvalue weighted by Crippen LogP contribution is -2.28. The molecule has 1 aliphatic heterocycles. The fraction of sp³-hybridized carbons (Fsp3) is 0.333. The fourth-order valence-corrected chi connectivity index (χ4v) is 1.77. The topological polar surface area (TPSA) is 71.4 Å². The van der Waals surface area contributed by atoms with Gasteiger partial charge < -0.3 is 19.5 Å². The molecule has 0 aliphatic carbocycles. The first kappa shape index (κ1) is 12.4. The number of benzene rings is 1. The lowest BCUT2D eigenvalue weighted by Gasteiger charge is -2.16. The molecule has 6 heteroatoms. The van der Waals surface area contributed by atoms with Crippen LogP contribution in [0, 0.1) is 0 Å². The summed E-state index contributed by atoms with van der Waals surface area (Å²) in [5.41, 5.74) is 0.662. The normalized spacial score (nSPS) is 14.6. The predicted octanol–water partition coefficient (Wildman–Crippen LogP) is 1.16. The minimum atomic E-state index is -0.215. The monoisotopic (exact) mass is 250 g/mol. The number of hydrogen-bond acceptors (Lipinski definition) is 5. The van der Waals surface area contributed by atoms with Crippen LogP contribution in [0.2, 0.25) is 0 Å². The molecule has 1 aromatic rings. The van der Waals surface area contributed by atoms with E-state index in [1.807, 2.05) is 0 Å². The maximum atomic E-state index is 12.2. The second-order valence-electron chi connectivity index (χ2n) is 3.81. The molecule has 1 aromatic carbocycles. The van der Waals surface area contributed by atoms with Crippen LogP contribution in [-0.2, 0) is 4.74 Å². The third-order valence-corrected chi connectivity index (χ3v) is 2.74. The van der Waals surface area contributed by atoms with Crippen LogP contribution in [0.1, 0.15) is 10.4 Å². The van der Waals surface area contributed by atoms with Crippen LogP contribution in [0.5, 0.6) is 11.5 Å². The van der Waals surface area contributed by atoms with Gasteiger partial charge in [-0.05, 0) is 12.8 Å². The van der Waals surface area contributed by atoms with Crippen LogP contribution >= 0.6 is 0 Å². The second kappa shape index (κ2) is 5.05. The lowest BCUT2D eigenvalue weighted by atomic mass is 10.1. The minimum absolute atomic E-state index is 0.0749. The Morgan fingerprint density at radius 3 is 2.94 bits per heavy atom. The summed E-state index contributed by atoms with van der Waals surface area (Å²) in [7, 11) is 1.42. The fourth-order valence-electron chi connectivity index (χ4n) is 1.77. The van der Waals surface area contributed by atoms with E-state index < -0.39 is 0 Å². The van der Waals surface area contributed by atoms with Crippen molar-refractivity contribution >= 4 is 18.3 Å². The zero-order chi connectivity index (χ0) is 13.1. The zero-order valence-electron chi connectivity index (χ0n) is 10.0. The molecule has 1 heterocycles. The van der Waals surface area contributed by atoms with Gasteiger partial charge in [0.2, 0.25) is 0 Å². The molecule has 0 bridgehead atoms. The van der Waals surface area contributed by atoms with E-state index in [9.17, 15) is 9.90 Å². The van der Waals surface area contributed by atoms with E-state index in [2.05, 4.69) is 11.7 Å². The molecule has 0 aromatic heterocycles. The summed E-state index contributed by atoms with van der Waals surface area (Å²) < 4.78 is 10.1. The molecular formula is C12H14N2O4. The summed E-state index contributed by atoms with van der Waals surface area (Å²) in [5, 5.41) is 9.63. The smallest absolute Gasteiger partial charge is 0.258 e.